The molecule has 0 saturated heterocycles. The fourth-order valence-electron chi connectivity index (χ4n) is 7.01. The van der Waals surface area contributed by atoms with Gasteiger partial charge >= 0.3 is 11.9 Å². The van der Waals surface area contributed by atoms with E-state index in [-0.39, 0.29) is 35.2 Å². The van der Waals surface area contributed by atoms with Gasteiger partial charge < -0.3 is 9.47 Å². The molecular formula is C22H24O6. The van der Waals surface area contributed by atoms with E-state index in [0.717, 1.165) is 48.0 Å². The second-order valence-electron chi connectivity index (χ2n) is 8.77. The molecule has 0 N–H and O–H groups in total. The van der Waals surface area contributed by atoms with Crippen LogP contribution in [0.2, 0.25) is 0 Å². The summed E-state index contributed by atoms with van der Waals surface area (Å²) in [6.45, 7) is 0. The molecule has 0 heterocycles. The van der Waals surface area contributed by atoms with E-state index < -0.39 is 23.8 Å². The van der Waals surface area contributed by atoms with Crippen LogP contribution >= 0.6 is 0 Å². The van der Waals surface area contributed by atoms with Crippen molar-refractivity contribution in [2.24, 2.45) is 35.5 Å². The van der Waals surface area contributed by atoms with Crippen molar-refractivity contribution in [2.75, 3.05) is 14.2 Å². The van der Waals surface area contributed by atoms with E-state index in [2.05, 4.69) is 0 Å². The maximum absolute atomic E-state index is 12.9. The smallest absolute Gasteiger partial charge is 0.310 e. The van der Waals surface area contributed by atoms with E-state index >= 15 is 0 Å². The van der Waals surface area contributed by atoms with Crippen LogP contribution in [0.1, 0.15) is 38.5 Å². The van der Waals surface area contributed by atoms with Crippen LogP contribution in [-0.4, -0.2) is 37.7 Å². The summed E-state index contributed by atoms with van der Waals surface area (Å²) in [7, 11) is 2.64. The molecule has 0 aliphatic heterocycles. The third-order valence-corrected chi connectivity index (χ3v) is 7.88. The van der Waals surface area contributed by atoms with E-state index in [0.29, 0.717) is 12.8 Å². The Morgan fingerprint density at radius 2 is 1.11 bits per heavy atom. The van der Waals surface area contributed by atoms with Crippen molar-refractivity contribution < 1.29 is 28.7 Å². The van der Waals surface area contributed by atoms with Crippen LogP contribution < -0.4 is 0 Å². The number of carbonyl (C=O) groups excluding carboxylic acids is 4. The molecule has 5 aliphatic rings. The molecule has 0 amide bonds. The zero-order valence-corrected chi connectivity index (χ0v) is 16.2. The Hall–Kier alpha value is -2.24. The molecule has 6 atom stereocenters. The molecule has 0 unspecified atom stereocenters. The topological polar surface area (TPSA) is 86.7 Å². The first-order chi connectivity index (χ1) is 13.5. The van der Waals surface area contributed by atoms with Crippen molar-refractivity contribution in [2.45, 2.75) is 38.5 Å². The molecule has 0 aromatic rings. The number of esters is 2. The summed E-state index contributed by atoms with van der Waals surface area (Å²) < 4.78 is 10.2. The van der Waals surface area contributed by atoms with Gasteiger partial charge in [0.25, 0.3) is 0 Å². The van der Waals surface area contributed by atoms with Crippen LogP contribution in [0.5, 0.6) is 0 Å². The number of Topliss-reactive ketones (excluding diaryl/α,β-unsaturated/α-hetero) is 2. The minimum absolute atomic E-state index is 0.105. The predicted molar refractivity (Wildman–Crippen MR) is 96.7 cm³/mol. The fourth-order valence-corrected chi connectivity index (χ4v) is 7.01. The summed E-state index contributed by atoms with van der Waals surface area (Å²) in [6, 6.07) is 0. The first-order valence-electron chi connectivity index (χ1n) is 10.1. The van der Waals surface area contributed by atoms with E-state index in [4.69, 9.17) is 9.47 Å². The quantitative estimate of drug-likeness (QED) is 0.678. The zero-order valence-electron chi connectivity index (χ0n) is 16.2. The molecule has 148 valence electrons. The summed E-state index contributed by atoms with van der Waals surface area (Å²) in [5, 5.41) is 0. The van der Waals surface area contributed by atoms with Gasteiger partial charge in [-0.2, -0.15) is 0 Å². The number of ketones is 2. The molecule has 5 rings (SSSR count). The normalized spacial score (nSPS) is 38.4. The Balaban J connectivity index is 1.67. The number of carbonyl (C=O) groups is 4. The number of fused-ring (bicyclic) bond motifs is 5. The van der Waals surface area contributed by atoms with E-state index in [9.17, 15) is 19.2 Å². The van der Waals surface area contributed by atoms with Gasteiger partial charge in [0.2, 0.25) is 0 Å². The molecule has 0 bridgehead atoms. The van der Waals surface area contributed by atoms with Crippen LogP contribution in [0.25, 0.3) is 0 Å². The summed E-state index contributed by atoms with van der Waals surface area (Å²) >= 11 is 0. The van der Waals surface area contributed by atoms with E-state index in [1.54, 1.807) is 0 Å². The van der Waals surface area contributed by atoms with Gasteiger partial charge in [-0.3, -0.25) is 19.2 Å². The first kappa shape index (κ1) is 17.8. The van der Waals surface area contributed by atoms with Crippen LogP contribution in [0.15, 0.2) is 22.3 Å². The first-order valence-corrected chi connectivity index (χ1v) is 10.1. The van der Waals surface area contributed by atoms with Gasteiger partial charge in [-0.25, -0.2) is 0 Å². The van der Waals surface area contributed by atoms with Crippen molar-refractivity contribution >= 4 is 23.5 Å². The van der Waals surface area contributed by atoms with Crippen molar-refractivity contribution in [3.8, 4) is 0 Å². The number of allylic oxidation sites excluding steroid dienone is 4. The van der Waals surface area contributed by atoms with Gasteiger partial charge in [-0.05, 0) is 48.7 Å². The number of rotatable bonds is 2. The van der Waals surface area contributed by atoms with E-state index in [1.807, 2.05) is 0 Å². The Morgan fingerprint density at radius 1 is 0.714 bits per heavy atom. The highest BCUT2D eigenvalue weighted by atomic mass is 16.5. The summed E-state index contributed by atoms with van der Waals surface area (Å²) in [5.41, 5.74) is 3.84. The lowest BCUT2D eigenvalue weighted by atomic mass is 9.55. The van der Waals surface area contributed by atoms with Gasteiger partial charge in [-0.1, -0.05) is 11.1 Å². The third kappa shape index (κ3) is 2.14. The van der Waals surface area contributed by atoms with Crippen molar-refractivity contribution in [3.63, 3.8) is 0 Å². The van der Waals surface area contributed by atoms with Crippen LogP contribution in [0, 0.1) is 35.5 Å². The lowest BCUT2D eigenvalue weighted by Gasteiger charge is -2.46. The molecule has 1 fully saturated rings. The van der Waals surface area contributed by atoms with Gasteiger partial charge in [0, 0.05) is 24.7 Å². The largest absolute Gasteiger partial charge is 0.469 e. The molecule has 6 nitrogen and oxygen atoms in total. The third-order valence-electron chi connectivity index (χ3n) is 7.88. The second-order valence-corrected chi connectivity index (χ2v) is 8.77. The Bertz CT molecular complexity index is 805. The number of hydrogen-bond donors (Lipinski definition) is 0. The summed E-state index contributed by atoms with van der Waals surface area (Å²) in [5.74, 6) is -2.63. The lowest BCUT2D eigenvalue weighted by molar-refractivity contribution is -0.168. The molecule has 1 saturated carbocycles. The van der Waals surface area contributed by atoms with Crippen molar-refractivity contribution in [1.29, 1.82) is 0 Å². The van der Waals surface area contributed by atoms with Crippen LogP contribution in [0.3, 0.4) is 0 Å². The molecular weight excluding hydrogens is 360 g/mol. The monoisotopic (exact) mass is 384 g/mol. The Labute approximate surface area is 163 Å². The highest BCUT2D eigenvalue weighted by Crippen LogP contribution is 2.64. The molecule has 0 spiro atoms. The second kappa shape index (κ2) is 6.13. The minimum Gasteiger partial charge on any atom is -0.469 e. The van der Waals surface area contributed by atoms with Crippen LogP contribution in [-0.2, 0) is 28.7 Å². The van der Waals surface area contributed by atoms with Gasteiger partial charge in [0.1, 0.15) is 0 Å². The SMILES string of the molecule is COC(=O)[C@@H]1[C@H](C(=O)OC)[C@@H]2C3=C(CCC3=O)C[C@@H]2[C@@H]2CC3=C(C(=O)CC3)[C@@H]21. The fraction of sp³-hybridized carbons (Fsp3) is 0.636. The molecule has 6 heteroatoms. The maximum atomic E-state index is 12.9. The molecule has 28 heavy (non-hydrogen) atoms. The number of ether oxygens (including phenoxy) is 2. The van der Waals surface area contributed by atoms with Crippen LogP contribution in [0.4, 0.5) is 0 Å². The Kier molecular flexibility index (Phi) is 3.90. The molecule has 0 aromatic heterocycles. The highest BCUT2D eigenvalue weighted by molar-refractivity contribution is 6.03. The number of methoxy groups -OCH3 is 2. The Morgan fingerprint density at radius 3 is 1.46 bits per heavy atom. The zero-order chi connectivity index (χ0) is 19.7. The van der Waals surface area contributed by atoms with Gasteiger partial charge in [-0.15, -0.1) is 0 Å². The predicted octanol–water partition coefficient (Wildman–Crippen LogP) is 2.17. The van der Waals surface area contributed by atoms with Crippen molar-refractivity contribution in [3.05, 3.63) is 22.3 Å². The molecule has 5 aliphatic carbocycles. The lowest BCUT2D eigenvalue weighted by Crippen LogP contribution is -2.52. The maximum Gasteiger partial charge on any atom is 0.310 e. The highest BCUT2D eigenvalue weighted by Gasteiger charge is 2.64. The van der Waals surface area contributed by atoms with Gasteiger partial charge in [0.05, 0.1) is 26.1 Å². The van der Waals surface area contributed by atoms with Gasteiger partial charge in [0.15, 0.2) is 11.6 Å². The standard InChI is InChI=1S/C22H24O6/c1-27-21(25)19-17-11(7-9-3-5-13(23)15(9)17)12-8-10-4-6-14(24)16(10)18(12)20(19)22(26)28-2/h11-12,17-20H,3-8H2,1-2H3/t11-,12+,17+,18-,19-,20+. The average molecular weight is 384 g/mol. The number of hydrogen-bond acceptors (Lipinski definition) is 6. The minimum atomic E-state index is -0.765. The van der Waals surface area contributed by atoms with E-state index in [1.165, 1.54) is 14.2 Å². The summed E-state index contributed by atoms with van der Waals surface area (Å²) in [6.07, 6.45) is 4.08. The average Bonchev–Trinajstić information content (AvgIpc) is 3.42. The molecule has 0 aromatic carbocycles. The van der Waals surface area contributed by atoms with Crippen molar-refractivity contribution in [1.82, 2.24) is 0 Å². The molecule has 0 radical (unpaired) electrons. The summed E-state index contributed by atoms with van der Waals surface area (Å²) in [4.78, 5) is 51.2.